The average Bonchev–Trinajstić information content (AvgIpc) is 2.72. The number of amidine groups is 1. The minimum absolute atomic E-state index is 0.277. The molecule has 5 heteroatoms. The van der Waals surface area contributed by atoms with E-state index in [9.17, 15) is 4.39 Å². The van der Waals surface area contributed by atoms with E-state index in [1.807, 2.05) is 18.2 Å². The first-order chi connectivity index (χ1) is 11.2. The van der Waals surface area contributed by atoms with Crippen molar-refractivity contribution in [2.24, 2.45) is 9.98 Å². The molecule has 0 saturated carbocycles. The molecule has 0 bridgehead atoms. The number of rotatable bonds is 2. The Bertz CT molecular complexity index is 850. The number of halogens is 2. The molecule has 1 heterocycles. The van der Waals surface area contributed by atoms with Crippen LogP contribution in [0.4, 0.5) is 10.1 Å². The van der Waals surface area contributed by atoms with Gasteiger partial charge in [0.2, 0.25) is 0 Å². The van der Waals surface area contributed by atoms with Crippen molar-refractivity contribution in [2.45, 2.75) is 0 Å². The lowest BCUT2D eigenvalue weighted by molar-refractivity contribution is 0.625. The second-order valence-electron chi connectivity index (χ2n) is 4.93. The number of benzene rings is 2. The molecule has 0 amide bonds. The Balaban J connectivity index is 2.16. The maximum absolute atomic E-state index is 14.2. The first-order valence-electron chi connectivity index (χ1n) is 7.02. The summed E-state index contributed by atoms with van der Waals surface area (Å²) in [6.07, 6.45) is 5.26. The highest BCUT2D eigenvalue weighted by Crippen LogP contribution is 2.27. The number of hydrogen-bond donors (Lipinski definition) is 1. The van der Waals surface area contributed by atoms with Gasteiger partial charge in [-0.05, 0) is 30.3 Å². The Labute approximate surface area is 142 Å². The minimum atomic E-state index is -0.304. The molecule has 2 aromatic carbocycles. The Kier molecular flexibility index (Phi) is 4.54. The van der Waals surface area contributed by atoms with E-state index >= 15 is 0 Å². The van der Waals surface area contributed by atoms with E-state index in [-0.39, 0.29) is 12.4 Å². The number of nitrogens with zero attached hydrogens (tertiary/aromatic N) is 2. The predicted molar refractivity (Wildman–Crippen MR) is 95.8 cm³/mol. The van der Waals surface area contributed by atoms with Gasteiger partial charge in [-0.15, -0.1) is 6.42 Å². The fourth-order valence-corrected chi connectivity index (χ4v) is 2.73. The first kappa shape index (κ1) is 15.4. The van der Waals surface area contributed by atoms with Crippen LogP contribution < -0.4 is 5.32 Å². The molecule has 1 aliphatic heterocycles. The van der Waals surface area contributed by atoms with Crippen LogP contribution in [-0.2, 0) is 0 Å². The number of aliphatic imine (C=N–C) groups is 2. The zero-order valence-corrected chi connectivity index (χ0v) is 13.8. The van der Waals surface area contributed by atoms with Crippen LogP contribution >= 0.6 is 15.9 Å². The second-order valence-corrected chi connectivity index (χ2v) is 5.84. The Morgan fingerprint density at radius 2 is 2.09 bits per heavy atom. The van der Waals surface area contributed by atoms with Gasteiger partial charge >= 0.3 is 0 Å². The highest BCUT2D eigenvalue weighted by molar-refractivity contribution is 9.10. The lowest BCUT2D eigenvalue weighted by Gasteiger charge is -2.11. The molecule has 0 aromatic heterocycles. The zero-order valence-electron chi connectivity index (χ0n) is 12.2. The van der Waals surface area contributed by atoms with E-state index in [1.165, 1.54) is 6.07 Å². The molecule has 114 valence electrons. The number of fused-ring (bicyclic) bond motifs is 1. The smallest absolute Gasteiger partial charge is 0.132 e. The molecule has 0 atom stereocenters. The molecule has 3 rings (SSSR count). The van der Waals surface area contributed by atoms with E-state index in [0.717, 1.165) is 15.7 Å². The Morgan fingerprint density at radius 3 is 2.87 bits per heavy atom. The van der Waals surface area contributed by atoms with Crippen LogP contribution in [0.15, 0.2) is 56.9 Å². The van der Waals surface area contributed by atoms with Gasteiger partial charge in [-0.3, -0.25) is 9.98 Å². The Hall–Kier alpha value is -2.45. The number of anilines is 1. The van der Waals surface area contributed by atoms with Crippen LogP contribution in [0.25, 0.3) is 0 Å². The standard InChI is InChI=1S/C18H13BrFN3/c1-2-9-21-17-11-22-18(13-5-3-4-6-15(13)20)14-10-12(19)7-8-16(14)23-17/h1,3-8,10H,9,11H2,(H,21,23). The molecule has 0 spiro atoms. The predicted octanol–water partition coefficient (Wildman–Crippen LogP) is 3.88. The topological polar surface area (TPSA) is 36.8 Å². The summed E-state index contributed by atoms with van der Waals surface area (Å²) in [5.74, 6) is 2.84. The summed E-state index contributed by atoms with van der Waals surface area (Å²) in [6.45, 7) is 0.594. The van der Waals surface area contributed by atoms with E-state index in [4.69, 9.17) is 6.42 Å². The van der Waals surface area contributed by atoms with Crippen LogP contribution in [0, 0.1) is 18.2 Å². The zero-order chi connectivity index (χ0) is 16.2. The van der Waals surface area contributed by atoms with Gasteiger partial charge in [-0.1, -0.05) is 34.0 Å². The third kappa shape index (κ3) is 3.33. The monoisotopic (exact) mass is 369 g/mol. The second kappa shape index (κ2) is 6.76. The van der Waals surface area contributed by atoms with Gasteiger partial charge in [0.15, 0.2) is 0 Å². The molecule has 0 fully saturated rings. The van der Waals surface area contributed by atoms with E-state index in [1.54, 1.807) is 18.2 Å². The van der Waals surface area contributed by atoms with Crippen LogP contribution in [0.3, 0.4) is 0 Å². The summed E-state index contributed by atoms with van der Waals surface area (Å²) in [6, 6.07) is 12.4. The van der Waals surface area contributed by atoms with Crippen molar-refractivity contribution in [3.8, 4) is 12.3 Å². The molecule has 0 radical (unpaired) electrons. The summed E-state index contributed by atoms with van der Waals surface area (Å²) in [7, 11) is 0. The van der Waals surface area contributed by atoms with Crippen molar-refractivity contribution in [1.29, 1.82) is 0 Å². The number of benzodiazepines with no additional fused rings is 1. The molecule has 3 nitrogen and oxygen atoms in total. The number of terminal acetylenes is 1. The van der Waals surface area contributed by atoms with Crippen LogP contribution in [0.5, 0.6) is 0 Å². The number of nitrogens with one attached hydrogen (secondary N) is 1. The van der Waals surface area contributed by atoms with Gasteiger partial charge in [0, 0.05) is 21.3 Å². The average molecular weight is 370 g/mol. The lowest BCUT2D eigenvalue weighted by atomic mass is 10.0. The number of hydrogen-bond acceptors (Lipinski definition) is 2. The van der Waals surface area contributed by atoms with Gasteiger partial charge < -0.3 is 5.32 Å². The van der Waals surface area contributed by atoms with Gasteiger partial charge in [0.1, 0.15) is 18.2 Å². The van der Waals surface area contributed by atoms with Gasteiger partial charge in [-0.25, -0.2) is 4.39 Å². The molecular weight excluding hydrogens is 357 g/mol. The quantitative estimate of drug-likeness (QED) is 0.801. The largest absolute Gasteiger partial charge is 0.342 e. The molecule has 0 aliphatic carbocycles. The summed E-state index contributed by atoms with van der Waals surface area (Å²) in [5.41, 5.74) is 2.70. The van der Waals surface area contributed by atoms with Gasteiger partial charge in [0.25, 0.3) is 0 Å². The van der Waals surface area contributed by atoms with Crippen molar-refractivity contribution in [2.75, 3.05) is 18.4 Å². The molecule has 23 heavy (non-hydrogen) atoms. The molecule has 0 saturated heterocycles. The van der Waals surface area contributed by atoms with Crippen molar-refractivity contribution in [1.82, 2.24) is 0 Å². The Morgan fingerprint density at radius 1 is 1.26 bits per heavy atom. The van der Waals surface area contributed by atoms with Crippen LogP contribution in [0.1, 0.15) is 11.1 Å². The molecule has 1 aliphatic rings. The summed E-state index contributed by atoms with van der Waals surface area (Å²) in [5, 5.41) is 3.24. The lowest BCUT2D eigenvalue weighted by Crippen LogP contribution is -2.15. The third-order valence-electron chi connectivity index (χ3n) is 3.39. The van der Waals surface area contributed by atoms with Crippen LogP contribution in [-0.4, -0.2) is 24.6 Å². The SMILES string of the molecule is C#CCN=C1CN=C(c2ccccc2F)c2cc(Br)ccc2N1. The van der Waals surface area contributed by atoms with E-state index in [2.05, 4.69) is 37.2 Å². The van der Waals surface area contributed by atoms with Gasteiger partial charge in [0.05, 0.1) is 12.3 Å². The van der Waals surface area contributed by atoms with Crippen molar-refractivity contribution in [3.05, 3.63) is 63.9 Å². The summed E-state index contributed by atoms with van der Waals surface area (Å²) in [4.78, 5) is 8.86. The van der Waals surface area contributed by atoms with Crippen molar-refractivity contribution < 1.29 is 4.39 Å². The van der Waals surface area contributed by atoms with Crippen molar-refractivity contribution >= 4 is 33.2 Å². The summed E-state index contributed by atoms with van der Waals surface area (Å²) < 4.78 is 15.1. The van der Waals surface area contributed by atoms with E-state index < -0.39 is 0 Å². The minimum Gasteiger partial charge on any atom is -0.342 e. The van der Waals surface area contributed by atoms with Gasteiger partial charge in [-0.2, -0.15) is 0 Å². The first-order valence-corrected chi connectivity index (χ1v) is 7.81. The summed E-state index contributed by atoms with van der Waals surface area (Å²) >= 11 is 3.46. The molecule has 2 aromatic rings. The maximum atomic E-state index is 14.2. The van der Waals surface area contributed by atoms with E-state index in [0.29, 0.717) is 23.7 Å². The fraction of sp³-hybridized carbons (Fsp3) is 0.111. The maximum Gasteiger partial charge on any atom is 0.132 e. The van der Waals surface area contributed by atoms with Crippen molar-refractivity contribution in [3.63, 3.8) is 0 Å². The molecular formula is C18H13BrFN3. The molecule has 0 unspecified atom stereocenters. The fourth-order valence-electron chi connectivity index (χ4n) is 2.37. The molecule has 1 N–H and O–H groups in total. The van der Waals surface area contributed by atoms with Crippen LogP contribution in [0.2, 0.25) is 0 Å². The third-order valence-corrected chi connectivity index (χ3v) is 3.89. The highest BCUT2D eigenvalue weighted by Gasteiger charge is 2.19. The normalized spacial score (nSPS) is 15.2. The highest BCUT2D eigenvalue weighted by atomic mass is 79.9.